The maximum atomic E-state index is 10.1. The topological polar surface area (TPSA) is 38.7 Å². The highest BCUT2D eigenvalue weighted by Gasteiger charge is 2.26. The van der Waals surface area contributed by atoms with Gasteiger partial charge >= 0.3 is 0 Å². The summed E-state index contributed by atoms with van der Waals surface area (Å²) in [5.74, 6) is 0.621. The highest BCUT2D eigenvalue weighted by molar-refractivity contribution is 5.22. The largest absolute Gasteiger partial charge is 0.495 e. The Morgan fingerprint density at radius 3 is 2.62 bits per heavy atom. The van der Waals surface area contributed by atoms with Crippen LogP contribution >= 0.6 is 0 Å². The second-order valence-corrected chi connectivity index (χ2v) is 3.76. The number of ether oxygens (including phenoxy) is 2. The van der Waals surface area contributed by atoms with E-state index in [1.54, 1.807) is 7.11 Å². The van der Waals surface area contributed by atoms with Gasteiger partial charge in [-0.25, -0.2) is 0 Å². The molecule has 2 rings (SSSR count). The second-order valence-electron chi connectivity index (χ2n) is 3.76. The first-order valence-electron chi connectivity index (χ1n) is 5.41. The number of hydrogen-bond donors (Lipinski definition) is 1. The van der Waals surface area contributed by atoms with Crippen LogP contribution in [0.15, 0.2) is 42.2 Å². The van der Waals surface area contributed by atoms with Crippen LogP contribution < -0.4 is 0 Å². The molecule has 1 aromatic carbocycles. The van der Waals surface area contributed by atoms with Crippen molar-refractivity contribution in [2.75, 3.05) is 13.7 Å². The zero-order chi connectivity index (χ0) is 11.4. The smallest absolute Gasteiger partial charge is 0.141 e. The average molecular weight is 220 g/mol. The fraction of sp³-hybridized carbons (Fsp3) is 0.385. The van der Waals surface area contributed by atoms with E-state index < -0.39 is 6.10 Å². The van der Waals surface area contributed by atoms with E-state index >= 15 is 0 Å². The van der Waals surface area contributed by atoms with E-state index in [1.807, 2.05) is 36.4 Å². The summed E-state index contributed by atoms with van der Waals surface area (Å²) in [6.07, 6.45) is 1.68. The van der Waals surface area contributed by atoms with E-state index in [9.17, 15) is 5.11 Å². The molecular weight excluding hydrogens is 204 g/mol. The van der Waals surface area contributed by atoms with Crippen molar-refractivity contribution in [3.05, 3.63) is 47.7 Å². The summed E-state index contributed by atoms with van der Waals surface area (Å²) in [5.41, 5.74) is 0.953. The summed E-state index contributed by atoms with van der Waals surface area (Å²) in [6.45, 7) is 0.650. The zero-order valence-electron chi connectivity index (χ0n) is 9.30. The minimum absolute atomic E-state index is 0.370. The number of benzene rings is 1. The van der Waals surface area contributed by atoms with Gasteiger partial charge in [0.05, 0.1) is 6.61 Å². The van der Waals surface area contributed by atoms with Gasteiger partial charge in [0.2, 0.25) is 0 Å². The van der Waals surface area contributed by atoms with Crippen molar-refractivity contribution < 1.29 is 14.6 Å². The Kier molecular flexibility index (Phi) is 3.59. The monoisotopic (exact) mass is 220 g/mol. The van der Waals surface area contributed by atoms with Gasteiger partial charge in [-0.15, -0.1) is 0 Å². The van der Waals surface area contributed by atoms with Crippen molar-refractivity contribution in [3.63, 3.8) is 0 Å². The lowest BCUT2D eigenvalue weighted by Gasteiger charge is -2.22. The molecule has 1 N–H and O–H groups in total. The van der Waals surface area contributed by atoms with Gasteiger partial charge in [0.25, 0.3) is 0 Å². The first kappa shape index (κ1) is 11.2. The van der Waals surface area contributed by atoms with Gasteiger partial charge < -0.3 is 14.6 Å². The van der Waals surface area contributed by atoms with Gasteiger partial charge in [-0.1, -0.05) is 30.3 Å². The maximum Gasteiger partial charge on any atom is 0.141 e. The van der Waals surface area contributed by atoms with Crippen LogP contribution in [0.3, 0.4) is 0 Å². The van der Waals surface area contributed by atoms with Crippen LogP contribution in [0.25, 0.3) is 0 Å². The van der Waals surface area contributed by atoms with Gasteiger partial charge in [-0.3, -0.25) is 0 Å². The third-order valence-corrected chi connectivity index (χ3v) is 2.69. The lowest BCUT2D eigenvalue weighted by atomic mass is 10.0. The van der Waals surface area contributed by atoms with E-state index in [4.69, 9.17) is 9.47 Å². The zero-order valence-corrected chi connectivity index (χ0v) is 9.30. The highest BCUT2D eigenvalue weighted by Crippen LogP contribution is 2.27. The summed E-state index contributed by atoms with van der Waals surface area (Å²) in [5, 5.41) is 10.1. The number of aliphatic hydroxyl groups is 1. The molecule has 2 unspecified atom stereocenters. The summed E-state index contributed by atoms with van der Waals surface area (Å²) in [7, 11) is 1.59. The molecular formula is C13H16O3. The Bertz CT molecular complexity index is 359. The highest BCUT2D eigenvalue weighted by atomic mass is 16.5. The standard InChI is InChI=1S/C13H16O3/c1-15-13(10-6-3-2-4-7-10)12(14)11-8-5-9-16-11/h2-4,6-8,12-14H,5,9H2,1H3. The summed E-state index contributed by atoms with van der Waals surface area (Å²) >= 11 is 0. The van der Waals surface area contributed by atoms with Crippen LogP contribution in [0.2, 0.25) is 0 Å². The number of methoxy groups -OCH3 is 1. The minimum atomic E-state index is -0.727. The summed E-state index contributed by atoms with van der Waals surface area (Å²) in [4.78, 5) is 0. The van der Waals surface area contributed by atoms with E-state index in [2.05, 4.69) is 0 Å². The molecule has 0 fully saturated rings. The quantitative estimate of drug-likeness (QED) is 0.844. The fourth-order valence-corrected chi connectivity index (χ4v) is 1.88. The van der Waals surface area contributed by atoms with Gasteiger partial charge in [-0.05, 0) is 11.6 Å². The molecule has 0 radical (unpaired) electrons. The molecule has 1 heterocycles. The number of hydrogen-bond acceptors (Lipinski definition) is 3. The third-order valence-electron chi connectivity index (χ3n) is 2.69. The molecule has 3 nitrogen and oxygen atoms in total. The molecule has 1 aliphatic rings. The fourth-order valence-electron chi connectivity index (χ4n) is 1.88. The molecule has 0 aliphatic carbocycles. The summed E-state index contributed by atoms with van der Waals surface area (Å²) in [6, 6.07) is 9.67. The van der Waals surface area contributed by atoms with Crippen LogP contribution in [0.4, 0.5) is 0 Å². The molecule has 0 amide bonds. The van der Waals surface area contributed by atoms with Crippen molar-refractivity contribution in [3.8, 4) is 0 Å². The Balaban J connectivity index is 2.16. The molecule has 0 saturated carbocycles. The van der Waals surface area contributed by atoms with Crippen LogP contribution in [0.1, 0.15) is 18.1 Å². The molecule has 0 aromatic heterocycles. The minimum Gasteiger partial charge on any atom is -0.495 e. The van der Waals surface area contributed by atoms with Crippen molar-refractivity contribution in [1.82, 2.24) is 0 Å². The van der Waals surface area contributed by atoms with Gasteiger partial charge in [0, 0.05) is 13.5 Å². The Morgan fingerprint density at radius 2 is 2.06 bits per heavy atom. The molecule has 0 bridgehead atoms. The van der Waals surface area contributed by atoms with Crippen molar-refractivity contribution in [1.29, 1.82) is 0 Å². The molecule has 3 heteroatoms. The van der Waals surface area contributed by atoms with E-state index in [0.717, 1.165) is 12.0 Å². The Labute approximate surface area is 95.3 Å². The molecule has 0 saturated heterocycles. The molecule has 1 aromatic rings. The van der Waals surface area contributed by atoms with Crippen LogP contribution in [0, 0.1) is 0 Å². The molecule has 2 atom stereocenters. The predicted octanol–water partition coefficient (Wildman–Crippen LogP) is 2.04. The maximum absolute atomic E-state index is 10.1. The van der Waals surface area contributed by atoms with Crippen LogP contribution in [-0.2, 0) is 9.47 Å². The Morgan fingerprint density at radius 1 is 1.31 bits per heavy atom. The van der Waals surface area contributed by atoms with Crippen molar-refractivity contribution in [2.24, 2.45) is 0 Å². The van der Waals surface area contributed by atoms with Crippen LogP contribution in [-0.4, -0.2) is 24.9 Å². The molecule has 1 aliphatic heterocycles. The van der Waals surface area contributed by atoms with Gasteiger partial charge in [0.1, 0.15) is 18.0 Å². The van der Waals surface area contributed by atoms with Gasteiger partial charge in [-0.2, -0.15) is 0 Å². The lowest BCUT2D eigenvalue weighted by molar-refractivity contribution is -0.0195. The molecule has 86 valence electrons. The SMILES string of the molecule is COC(c1ccccc1)C(O)C1=CCCO1. The Hall–Kier alpha value is -1.32. The lowest BCUT2D eigenvalue weighted by Crippen LogP contribution is -2.22. The van der Waals surface area contributed by atoms with E-state index in [-0.39, 0.29) is 6.10 Å². The normalized spacial score (nSPS) is 18.8. The third kappa shape index (κ3) is 2.26. The molecule has 16 heavy (non-hydrogen) atoms. The van der Waals surface area contributed by atoms with E-state index in [0.29, 0.717) is 12.4 Å². The molecule has 0 spiro atoms. The summed E-state index contributed by atoms with van der Waals surface area (Å²) < 4.78 is 10.7. The van der Waals surface area contributed by atoms with Gasteiger partial charge in [0.15, 0.2) is 0 Å². The average Bonchev–Trinajstić information content (AvgIpc) is 2.85. The van der Waals surface area contributed by atoms with E-state index in [1.165, 1.54) is 0 Å². The number of rotatable bonds is 4. The predicted molar refractivity (Wildman–Crippen MR) is 60.9 cm³/mol. The first-order valence-corrected chi connectivity index (χ1v) is 5.41. The second kappa shape index (κ2) is 5.14. The van der Waals surface area contributed by atoms with Crippen LogP contribution in [0.5, 0.6) is 0 Å². The van der Waals surface area contributed by atoms with Crippen molar-refractivity contribution in [2.45, 2.75) is 18.6 Å². The number of aliphatic hydroxyl groups excluding tert-OH is 1. The van der Waals surface area contributed by atoms with Crippen molar-refractivity contribution >= 4 is 0 Å². The first-order chi connectivity index (χ1) is 7.83.